The first-order chi connectivity index (χ1) is 42.9. The van der Waals surface area contributed by atoms with Gasteiger partial charge < -0.3 is 65.6 Å². The van der Waals surface area contributed by atoms with Crippen LogP contribution in [-0.4, -0.2) is 263 Å². The molecule has 0 aromatic heterocycles. The zero-order chi connectivity index (χ0) is 72.1. The molecule has 1 rings (SSSR count). The Morgan fingerprint density at radius 3 is 1.20 bits per heavy atom. The molecule has 0 bridgehead atoms. The molecule has 0 radical (unpaired) electrons. The van der Waals surface area contributed by atoms with Crippen molar-refractivity contribution >= 4 is 76.7 Å². The number of carbonyl (C=O) groups is 11. The summed E-state index contributed by atoms with van der Waals surface area (Å²) in [6, 6.07) is -13.8. The second kappa shape index (κ2) is 39.3. The van der Waals surface area contributed by atoms with E-state index in [-0.39, 0.29) is 55.1 Å². The molecule has 1 saturated heterocycles. The first kappa shape index (κ1) is 85.2. The maximum Gasteiger partial charge on any atom is 0.246 e. The average Bonchev–Trinajstić information content (AvgIpc) is 1.32. The summed E-state index contributed by atoms with van der Waals surface area (Å²) in [6.07, 6.45) is 2.97. The van der Waals surface area contributed by atoms with Crippen molar-refractivity contribution < 1.29 is 57.8 Å². The number of hydrogen-bond acceptors (Lipinski definition) is 14. The Morgan fingerprint density at radius 2 is 0.785 bits per heavy atom. The highest BCUT2D eigenvalue weighted by Crippen LogP contribution is 2.27. The topological polar surface area (TPSA) is 282 Å². The molecule has 0 spiro atoms. The number of nitrogens with zero attached hydrogens (tertiary/aromatic N) is 8. The van der Waals surface area contributed by atoms with Gasteiger partial charge in [-0.25, -0.2) is 0 Å². The van der Waals surface area contributed by atoms with Crippen LogP contribution in [0, 0.1) is 47.3 Å². The van der Waals surface area contributed by atoms with Crippen LogP contribution in [0.3, 0.4) is 0 Å². The molecule has 1 unspecified atom stereocenters. The van der Waals surface area contributed by atoms with E-state index in [0.717, 1.165) is 4.90 Å². The third-order valence-electron chi connectivity index (χ3n) is 17.5. The van der Waals surface area contributed by atoms with Crippen molar-refractivity contribution in [2.24, 2.45) is 47.3 Å². The first-order valence-corrected chi connectivity index (χ1v) is 34.7. The molecule has 93 heavy (non-hydrogen) atoms. The number of aliphatic hydroxyl groups is 1. The van der Waals surface area contributed by atoms with E-state index >= 15 is 28.8 Å². The van der Waals surface area contributed by atoms with Crippen molar-refractivity contribution in [3.63, 3.8) is 0 Å². The van der Waals surface area contributed by atoms with Crippen molar-refractivity contribution in [2.75, 3.05) is 81.5 Å². The Bertz CT molecular complexity index is 2530. The van der Waals surface area contributed by atoms with E-state index in [9.17, 15) is 29.1 Å². The number of hydrogen-bond donors (Lipinski definition) is 5. The van der Waals surface area contributed by atoms with Crippen LogP contribution in [0.5, 0.6) is 0 Å². The number of nitrogens with one attached hydrogen (secondary N) is 4. The number of thioether (sulfide) groups is 1. The second-order valence-electron chi connectivity index (χ2n) is 28.9. The van der Waals surface area contributed by atoms with E-state index in [1.54, 1.807) is 54.5 Å². The summed E-state index contributed by atoms with van der Waals surface area (Å²) in [7, 11) is 13.9. The van der Waals surface area contributed by atoms with Crippen LogP contribution in [0.2, 0.25) is 0 Å². The number of aliphatic hydroxyl groups excluding tert-OH is 1. The van der Waals surface area contributed by atoms with Crippen LogP contribution < -0.4 is 21.3 Å². The maximum atomic E-state index is 15.4. The Kier molecular flexibility index (Phi) is 36.0. The van der Waals surface area contributed by atoms with Gasteiger partial charge in [-0.1, -0.05) is 116 Å². The molecular weight excluding hydrogens is 1210 g/mol. The van der Waals surface area contributed by atoms with Crippen LogP contribution in [0.1, 0.15) is 157 Å². The van der Waals surface area contributed by atoms with E-state index < -0.39 is 161 Å². The molecule has 1 fully saturated rings. The van der Waals surface area contributed by atoms with Gasteiger partial charge in [0.05, 0.1) is 6.10 Å². The number of rotatable bonds is 20. The Balaban J connectivity index is 4.58. The smallest absolute Gasteiger partial charge is 0.246 e. The fourth-order valence-corrected chi connectivity index (χ4v) is 12.8. The lowest BCUT2D eigenvalue weighted by Crippen LogP contribution is -2.64. The summed E-state index contributed by atoms with van der Waals surface area (Å²) in [5.74, 6) is -9.77. The zero-order valence-corrected chi connectivity index (χ0v) is 62.6. The Morgan fingerprint density at radius 1 is 0.430 bits per heavy atom. The fourth-order valence-electron chi connectivity index (χ4n) is 11.6. The van der Waals surface area contributed by atoms with E-state index in [4.69, 9.17) is 0 Å². The molecule has 1 aliphatic rings. The van der Waals surface area contributed by atoms with Crippen molar-refractivity contribution in [1.82, 2.24) is 60.5 Å². The lowest BCUT2D eigenvalue weighted by atomic mass is 9.91. The summed E-state index contributed by atoms with van der Waals surface area (Å²) < 4.78 is 0. The lowest BCUT2D eigenvalue weighted by molar-refractivity contribution is -0.157. The monoisotopic (exact) mass is 1330 g/mol. The van der Waals surface area contributed by atoms with E-state index in [1.807, 2.05) is 87.4 Å². The number of allylic oxidation sites excluding steroid dienone is 2. The van der Waals surface area contributed by atoms with Gasteiger partial charge in [0.2, 0.25) is 65.0 Å². The standard InChI is InChI=1S/C68H124N12O12S/c1-28-29-30-45(16)57(81)56-61(85)72-54(43(12)13)67(91)78(25)52(37-93-32-31-73(19)20)65(89)74(21)49(34-39(4)5)60(84)71-53(42(10)11)66(90)75(22)48(33-38(2)3)59(83)69-46(17)58(82)70-47(18)62(86)76(23)50(35-40(6)7)63(87)77(24)51(36-41(8)9)64(88)79(26)55(44(14)15)68(92)80(56)27/h28-29,38-57,81H,30-37H2,1-27H3,(H,69,83)(H,70,82)(H,71,84)(H,72,85)/t45-,46-,47+,48?,49+,50-,51-,52-,53-,54-,55-,56-,57-/m1/s1. The quantitative estimate of drug-likeness (QED) is 0.0845. The molecule has 1 aliphatic heterocycles. The molecule has 0 aliphatic carbocycles. The minimum Gasteiger partial charge on any atom is -0.390 e. The highest BCUT2D eigenvalue weighted by molar-refractivity contribution is 7.99. The molecule has 0 aromatic rings. The van der Waals surface area contributed by atoms with Crippen molar-refractivity contribution in [3.05, 3.63) is 12.2 Å². The van der Waals surface area contributed by atoms with Gasteiger partial charge in [0.25, 0.3) is 0 Å². The average molecular weight is 1330 g/mol. The van der Waals surface area contributed by atoms with Crippen LogP contribution >= 0.6 is 11.8 Å². The molecule has 25 heteroatoms. The highest BCUT2D eigenvalue weighted by Gasteiger charge is 2.47. The summed E-state index contributed by atoms with van der Waals surface area (Å²) in [4.78, 5) is 175. The fraction of sp³-hybridized carbons (Fsp3) is 0.809. The van der Waals surface area contributed by atoms with Gasteiger partial charge in [-0.05, 0) is 114 Å². The van der Waals surface area contributed by atoms with Gasteiger partial charge in [-0.3, -0.25) is 52.7 Å². The van der Waals surface area contributed by atoms with Crippen molar-refractivity contribution in [2.45, 2.75) is 229 Å². The zero-order valence-electron chi connectivity index (χ0n) is 61.8. The summed E-state index contributed by atoms with van der Waals surface area (Å²) >= 11 is 1.41. The van der Waals surface area contributed by atoms with Gasteiger partial charge in [0.15, 0.2) is 0 Å². The number of amides is 11. The number of likely N-dealkylation sites (N-methyl/N-ethyl adjacent to an activating group) is 7. The third kappa shape index (κ3) is 24.7. The van der Waals surface area contributed by atoms with Gasteiger partial charge in [0, 0.05) is 67.4 Å². The van der Waals surface area contributed by atoms with Gasteiger partial charge in [0.1, 0.15) is 66.5 Å². The van der Waals surface area contributed by atoms with Crippen molar-refractivity contribution in [1.29, 1.82) is 0 Å². The van der Waals surface area contributed by atoms with Crippen LogP contribution in [0.25, 0.3) is 0 Å². The SMILES string of the molecule is CC=CC[C@@H](C)[C@@H](O)[C@@H]1C(=O)N[C@H](C(C)C)C(=O)N(C)[C@H](CSCCN(C)C)C(=O)N(C)[C@@H](CC(C)C)C(=O)N[C@H](C(C)C)C(=O)N(C)C(CC(C)C)C(=O)N[C@H](C)C(=O)N[C@@H](C)C(=O)N(C)[C@H](CC(C)C)C(=O)N(C)[C@H](CC(C)C)C(=O)N(C)[C@H](C(C)C)C(=O)N1C. The lowest BCUT2D eigenvalue weighted by Gasteiger charge is -2.42. The molecule has 0 aromatic carbocycles. The van der Waals surface area contributed by atoms with Gasteiger partial charge >= 0.3 is 0 Å². The van der Waals surface area contributed by atoms with E-state index in [0.29, 0.717) is 18.7 Å². The summed E-state index contributed by atoms with van der Waals surface area (Å²) in [5.41, 5.74) is 0. The molecule has 1 heterocycles. The minimum atomic E-state index is -1.64. The predicted octanol–water partition coefficient (Wildman–Crippen LogP) is 4.18. The molecule has 11 amide bonds. The van der Waals surface area contributed by atoms with E-state index in [2.05, 4.69) is 21.3 Å². The molecule has 5 N–H and O–H groups in total. The maximum absolute atomic E-state index is 15.4. The number of carbonyl (C=O) groups excluding carboxylic acids is 11. The van der Waals surface area contributed by atoms with E-state index in [1.165, 1.54) is 104 Å². The van der Waals surface area contributed by atoms with Gasteiger partial charge in [-0.2, -0.15) is 11.8 Å². The normalized spacial score (nSPS) is 26.6. The Hall–Kier alpha value is -5.82. The minimum absolute atomic E-state index is 0.0735. The molecule has 0 saturated carbocycles. The predicted molar refractivity (Wildman–Crippen MR) is 368 cm³/mol. The van der Waals surface area contributed by atoms with Crippen LogP contribution in [0.15, 0.2) is 12.2 Å². The molecule has 24 nitrogen and oxygen atoms in total. The van der Waals surface area contributed by atoms with Gasteiger partial charge in [-0.15, -0.1) is 0 Å². The highest BCUT2D eigenvalue weighted by atomic mass is 32.2. The summed E-state index contributed by atoms with van der Waals surface area (Å²) in [6.45, 7) is 32.5. The Labute approximate surface area is 562 Å². The third-order valence-corrected chi connectivity index (χ3v) is 18.6. The van der Waals surface area contributed by atoms with Crippen molar-refractivity contribution in [3.8, 4) is 0 Å². The largest absolute Gasteiger partial charge is 0.390 e. The second-order valence-corrected chi connectivity index (χ2v) is 30.1. The van der Waals surface area contributed by atoms with Crippen LogP contribution in [-0.2, 0) is 52.7 Å². The first-order valence-electron chi connectivity index (χ1n) is 33.5. The molecule has 534 valence electrons. The molecule has 13 atom stereocenters. The summed E-state index contributed by atoms with van der Waals surface area (Å²) in [5, 5.41) is 23.6. The molecular formula is C68H124N12O12S. The van der Waals surface area contributed by atoms with Crippen LogP contribution in [0.4, 0.5) is 0 Å².